The molecule has 0 amide bonds. The second-order valence-electron chi connectivity index (χ2n) is 6.10. The topological polar surface area (TPSA) is 3.24 Å². The van der Waals surface area contributed by atoms with Crippen molar-refractivity contribution in [2.75, 3.05) is 0 Å². The lowest BCUT2D eigenvalue weighted by Crippen LogP contribution is -2.26. The normalized spacial score (nSPS) is 12.3. The van der Waals surface area contributed by atoms with Crippen molar-refractivity contribution in [1.82, 2.24) is 4.90 Å². The van der Waals surface area contributed by atoms with E-state index in [0.717, 1.165) is 18.7 Å². The van der Waals surface area contributed by atoms with E-state index in [1.807, 2.05) is 24.3 Å². The Morgan fingerprint density at radius 2 is 1.17 bits per heavy atom. The lowest BCUT2D eigenvalue weighted by atomic mass is 10.0. The molecule has 1 atom stereocenters. The zero-order valence-electron chi connectivity index (χ0n) is 13.9. The van der Waals surface area contributed by atoms with Gasteiger partial charge in [0.15, 0.2) is 0 Å². The summed E-state index contributed by atoms with van der Waals surface area (Å²) in [6.45, 7) is 3.89. The van der Waals surface area contributed by atoms with Gasteiger partial charge in [0, 0.05) is 19.1 Å². The Balaban J connectivity index is 1.84. The molecular formula is C22H22FN. The molecule has 122 valence electrons. The van der Waals surface area contributed by atoms with E-state index in [2.05, 4.69) is 60.4 Å². The van der Waals surface area contributed by atoms with Gasteiger partial charge in [-0.15, -0.1) is 0 Å². The first-order valence-electron chi connectivity index (χ1n) is 8.30. The molecule has 0 heterocycles. The second kappa shape index (κ2) is 7.89. The number of nitrogens with zero attached hydrogens (tertiary/aromatic N) is 1. The van der Waals surface area contributed by atoms with Crippen molar-refractivity contribution in [3.8, 4) is 0 Å². The van der Waals surface area contributed by atoms with Gasteiger partial charge in [-0.2, -0.15) is 0 Å². The Kier molecular flexibility index (Phi) is 5.39. The molecule has 3 aromatic rings. The molecule has 0 saturated carbocycles. The van der Waals surface area contributed by atoms with Crippen LogP contribution in [0.5, 0.6) is 0 Å². The van der Waals surface area contributed by atoms with Gasteiger partial charge in [-0.3, -0.25) is 4.90 Å². The summed E-state index contributed by atoms with van der Waals surface area (Å²) in [5.41, 5.74) is 3.69. The largest absolute Gasteiger partial charge is 0.288 e. The Hall–Kier alpha value is -2.45. The zero-order valence-corrected chi connectivity index (χ0v) is 13.9. The average Bonchev–Trinajstić information content (AvgIpc) is 2.63. The average molecular weight is 319 g/mol. The van der Waals surface area contributed by atoms with Crippen LogP contribution in [0.2, 0.25) is 0 Å². The summed E-state index contributed by atoms with van der Waals surface area (Å²) in [6, 6.07) is 28.0. The fraction of sp³-hybridized carbons (Fsp3) is 0.182. The number of halogens is 1. The number of hydrogen-bond donors (Lipinski definition) is 0. The molecule has 0 aromatic heterocycles. The minimum atomic E-state index is -0.191. The molecule has 0 radical (unpaired) electrons. The molecule has 0 aliphatic carbocycles. The first kappa shape index (κ1) is 16.4. The summed E-state index contributed by atoms with van der Waals surface area (Å²) in [4.78, 5) is 2.41. The molecular weight excluding hydrogens is 297 g/mol. The monoisotopic (exact) mass is 319 g/mol. The highest BCUT2D eigenvalue weighted by atomic mass is 19.1. The van der Waals surface area contributed by atoms with Gasteiger partial charge >= 0.3 is 0 Å². The van der Waals surface area contributed by atoms with Crippen LogP contribution in [0.25, 0.3) is 0 Å². The van der Waals surface area contributed by atoms with Crippen molar-refractivity contribution in [2.24, 2.45) is 0 Å². The second-order valence-corrected chi connectivity index (χ2v) is 6.10. The molecule has 3 rings (SSSR count). The van der Waals surface area contributed by atoms with Crippen molar-refractivity contribution in [1.29, 1.82) is 0 Å². The Labute approximate surface area is 143 Å². The lowest BCUT2D eigenvalue weighted by Gasteiger charge is -2.30. The molecule has 0 spiro atoms. The van der Waals surface area contributed by atoms with Gasteiger partial charge in [0.25, 0.3) is 0 Å². The van der Waals surface area contributed by atoms with Gasteiger partial charge in [0.2, 0.25) is 0 Å². The molecule has 0 fully saturated rings. The van der Waals surface area contributed by atoms with Crippen molar-refractivity contribution in [2.45, 2.75) is 26.1 Å². The van der Waals surface area contributed by atoms with E-state index in [0.29, 0.717) is 0 Å². The van der Waals surface area contributed by atoms with Crippen LogP contribution in [0.15, 0.2) is 84.9 Å². The molecule has 0 saturated heterocycles. The minimum Gasteiger partial charge on any atom is -0.288 e. The molecule has 0 N–H and O–H groups in total. The third-order valence-corrected chi connectivity index (χ3v) is 4.36. The zero-order chi connectivity index (χ0) is 16.8. The molecule has 1 nitrogen and oxygen atoms in total. The van der Waals surface area contributed by atoms with Gasteiger partial charge in [-0.05, 0) is 35.7 Å². The summed E-state index contributed by atoms with van der Waals surface area (Å²) in [7, 11) is 0. The van der Waals surface area contributed by atoms with E-state index in [9.17, 15) is 4.39 Å². The van der Waals surface area contributed by atoms with E-state index >= 15 is 0 Å². The van der Waals surface area contributed by atoms with Crippen molar-refractivity contribution in [3.05, 3.63) is 107 Å². The van der Waals surface area contributed by atoms with Crippen LogP contribution in [0.1, 0.15) is 29.7 Å². The predicted octanol–water partition coefficient (Wildman–Crippen LogP) is 5.59. The number of hydrogen-bond acceptors (Lipinski definition) is 1. The van der Waals surface area contributed by atoms with Gasteiger partial charge in [-0.25, -0.2) is 4.39 Å². The first-order chi connectivity index (χ1) is 11.7. The number of rotatable bonds is 6. The van der Waals surface area contributed by atoms with E-state index < -0.39 is 0 Å². The van der Waals surface area contributed by atoms with E-state index in [1.165, 1.54) is 23.3 Å². The minimum absolute atomic E-state index is 0.191. The van der Waals surface area contributed by atoms with Crippen LogP contribution in [0.3, 0.4) is 0 Å². The van der Waals surface area contributed by atoms with Crippen LogP contribution in [0, 0.1) is 5.82 Å². The van der Waals surface area contributed by atoms with Crippen LogP contribution >= 0.6 is 0 Å². The molecule has 24 heavy (non-hydrogen) atoms. The quantitative estimate of drug-likeness (QED) is 0.572. The molecule has 0 aliphatic rings. The highest BCUT2D eigenvalue weighted by Gasteiger charge is 2.16. The SMILES string of the molecule is C[C@@H](c1ccc(F)cc1)N(Cc1ccccc1)Cc1ccccc1. The maximum Gasteiger partial charge on any atom is 0.123 e. The predicted molar refractivity (Wildman–Crippen MR) is 96.9 cm³/mol. The molecule has 0 unspecified atom stereocenters. The van der Waals surface area contributed by atoms with Gasteiger partial charge in [0.05, 0.1) is 0 Å². The summed E-state index contributed by atoms with van der Waals surface area (Å²) in [6.07, 6.45) is 0. The van der Waals surface area contributed by atoms with Gasteiger partial charge < -0.3 is 0 Å². The smallest absolute Gasteiger partial charge is 0.123 e. The fourth-order valence-electron chi connectivity index (χ4n) is 2.92. The maximum absolute atomic E-state index is 13.2. The summed E-state index contributed by atoms with van der Waals surface area (Å²) < 4.78 is 13.2. The standard InChI is InChI=1S/C22H22FN/c1-18(21-12-14-22(23)15-13-21)24(16-19-8-4-2-5-9-19)17-20-10-6-3-7-11-20/h2-15,18H,16-17H2,1H3/t18-/m0/s1. The fourth-order valence-corrected chi connectivity index (χ4v) is 2.92. The maximum atomic E-state index is 13.2. The van der Waals surface area contributed by atoms with Crippen LogP contribution in [0.4, 0.5) is 4.39 Å². The molecule has 0 bridgehead atoms. The summed E-state index contributed by atoms with van der Waals surface area (Å²) in [5.74, 6) is -0.191. The third-order valence-electron chi connectivity index (χ3n) is 4.36. The van der Waals surface area contributed by atoms with E-state index in [1.54, 1.807) is 0 Å². The van der Waals surface area contributed by atoms with Crippen LogP contribution in [-0.4, -0.2) is 4.90 Å². The Bertz CT molecular complexity index is 696. The number of benzene rings is 3. The Morgan fingerprint density at radius 3 is 1.62 bits per heavy atom. The van der Waals surface area contributed by atoms with Crippen LogP contribution < -0.4 is 0 Å². The Morgan fingerprint density at radius 1 is 0.708 bits per heavy atom. The summed E-state index contributed by atoms with van der Waals surface area (Å²) in [5, 5.41) is 0. The first-order valence-corrected chi connectivity index (χ1v) is 8.30. The third kappa shape index (κ3) is 4.30. The highest BCUT2D eigenvalue weighted by molar-refractivity contribution is 5.22. The molecule has 0 aliphatic heterocycles. The lowest BCUT2D eigenvalue weighted by molar-refractivity contribution is 0.192. The van der Waals surface area contributed by atoms with Gasteiger partial charge in [-0.1, -0.05) is 72.8 Å². The van der Waals surface area contributed by atoms with Gasteiger partial charge in [0.1, 0.15) is 5.82 Å². The van der Waals surface area contributed by atoms with Crippen molar-refractivity contribution >= 4 is 0 Å². The van der Waals surface area contributed by atoms with E-state index in [-0.39, 0.29) is 11.9 Å². The molecule has 3 aromatic carbocycles. The van der Waals surface area contributed by atoms with Crippen molar-refractivity contribution < 1.29 is 4.39 Å². The van der Waals surface area contributed by atoms with Crippen molar-refractivity contribution in [3.63, 3.8) is 0 Å². The summed E-state index contributed by atoms with van der Waals surface area (Å²) >= 11 is 0. The van der Waals surface area contributed by atoms with E-state index in [4.69, 9.17) is 0 Å². The molecule has 2 heteroatoms. The highest BCUT2D eigenvalue weighted by Crippen LogP contribution is 2.24. The van der Waals surface area contributed by atoms with Crippen LogP contribution in [-0.2, 0) is 13.1 Å².